The molecule has 33 heavy (non-hydrogen) atoms. The number of carboxylic acid groups (broad SMARTS) is 1. The predicted molar refractivity (Wildman–Crippen MR) is 132 cm³/mol. The van der Waals surface area contributed by atoms with Crippen LogP contribution >= 0.6 is 0 Å². The summed E-state index contributed by atoms with van der Waals surface area (Å²) >= 11 is 0. The van der Waals surface area contributed by atoms with Crippen LogP contribution in [-0.2, 0) is 17.6 Å². The third-order valence-corrected chi connectivity index (χ3v) is 5.97. The summed E-state index contributed by atoms with van der Waals surface area (Å²) in [6, 6.07) is 14.0. The number of nitrogens with zero attached hydrogens (tertiary/aromatic N) is 2. The summed E-state index contributed by atoms with van der Waals surface area (Å²) in [5.41, 5.74) is 12.3. The molecule has 0 radical (unpaired) electrons. The number of carbonyl (C=O) groups is 1. The Balaban J connectivity index is 1.70. The van der Waals surface area contributed by atoms with Crippen LogP contribution in [0.5, 0.6) is 5.75 Å². The molecule has 0 atom stereocenters. The molecule has 168 valence electrons. The summed E-state index contributed by atoms with van der Waals surface area (Å²) in [7, 11) is 1.67. The number of aromatic nitrogens is 2. The zero-order chi connectivity index (χ0) is 23.5. The van der Waals surface area contributed by atoms with Gasteiger partial charge in [-0.3, -0.25) is 4.98 Å². The van der Waals surface area contributed by atoms with Gasteiger partial charge in [-0.05, 0) is 78.8 Å². The van der Waals surface area contributed by atoms with E-state index in [0.29, 0.717) is 23.3 Å². The minimum absolute atomic E-state index is 0.348. The maximum Gasteiger partial charge on any atom is 0.331 e. The molecule has 6 heteroatoms. The van der Waals surface area contributed by atoms with Crippen LogP contribution in [0.15, 0.2) is 54.2 Å². The zero-order valence-electron chi connectivity index (χ0n) is 19.1. The molecule has 0 fully saturated rings. The first-order chi connectivity index (χ1) is 15.9. The smallest absolute Gasteiger partial charge is 0.331 e. The molecule has 0 aliphatic carbocycles. The fraction of sp³-hybridized carbons (Fsp3) is 0.222. The Morgan fingerprint density at radius 1 is 1.12 bits per heavy atom. The quantitative estimate of drug-likeness (QED) is 0.296. The molecule has 6 nitrogen and oxygen atoms in total. The molecule has 0 bridgehead atoms. The van der Waals surface area contributed by atoms with Crippen molar-refractivity contribution in [2.24, 2.45) is 0 Å². The van der Waals surface area contributed by atoms with Crippen LogP contribution < -0.4 is 10.5 Å². The van der Waals surface area contributed by atoms with Gasteiger partial charge >= 0.3 is 5.97 Å². The molecule has 4 rings (SSSR count). The standard InChI is InChI=1S/C27H27N3O3/c1-4-19(27(31)32)12-17-6-10-22-23-13-18(15-29-25(23)26(28)30-24(22)14-17)5-7-20-8-9-21(33-3)11-16(20)2/h6,8-15H,4-5,7H2,1-3H3,(H2,28,30)(H,31,32)/b19-12+. The van der Waals surface area contributed by atoms with Crippen molar-refractivity contribution < 1.29 is 14.6 Å². The van der Waals surface area contributed by atoms with Crippen LogP contribution in [0.3, 0.4) is 0 Å². The van der Waals surface area contributed by atoms with E-state index in [0.717, 1.165) is 46.0 Å². The number of methoxy groups -OCH3 is 1. The number of nitrogens with two attached hydrogens (primary N) is 1. The third-order valence-electron chi connectivity index (χ3n) is 5.97. The Kier molecular flexibility index (Phi) is 6.27. The Hall–Kier alpha value is -3.93. The number of hydrogen-bond acceptors (Lipinski definition) is 5. The fourth-order valence-corrected chi connectivity index (χ4v) is 4.07. The first-order valence-electron chi connectivity index (χ1n) is 10.9. The number of rotatable bonds is 7. The van der Waals surface area contributed by atoms with E-state index < -0.39 is 5.97 Å². The van der Waals surface area contributed by atoms with E-state index >= 15 is 0 Å². The fourth-order valence-electron chi connectivity index (χ4n) is 4.07. The van der Waals surface area contributed by atoms with Gasteiger partial charge in [-0.15, -0.1) is 0 Å². The maximum atomic E-state index is 11.4. The molecule has 4 aromatic rings. The van der Waals surface area contributed by atoms with Crippen molar-refractivity contribution in [1.82, 2.24) is 9.97 Å². The highest BCUT2D eigenvalue weighted by atomic mass is 16.5. The zero-order valence-corrected chi connectivity index (χ0v) is 19.1. The summed E-state index contributed by atoms with van der Waals surface area (Å²) in [6.07, 6.45) is 5.73. The van der Waals surface area contributed by atoms with Crippen LogP contribution in [0.1, 0.15) is 35.6 Å². The van der Waals surface area contributed by atoms with Gasteiger partial charge in [0, 0.05) is 22.5 Å². The first-order valence-corrected chi connectivity index (χ1v) is 10.9. The average Bonchev–Trinajstić information content (AvgIpc) is 2.81. The van der Waals surface area contributed by atoms with Gasteiger partial charge in [0.1, 0.15) is 11.3 Å². The summed E-state index contributed by atoms with van der Waals surface area (Å²) in [4.78, 5) is 20.5. The molecule has 2 aromatic carbocycles. The monoisotopic (exact) mass is 441 g/mol. The van der Waals surface area contributed by atoms with Gasteiger partial charge in [0.05, 0.1) is 12.6 Å². The van der Waals surface area contributed by atoms with Gasteiger partial charge in [0.15, 0.2) is 5.82 Å². The molecule has 2 aromatic heterocycles. The van der Waals surface area contributed by atoms with Crippen molar-refractivity contribution in [2.75, 3.05) is 12.8 Å². The van der Waals surface area contributed by atoms with Gasteiger partial charge in [-0.2, -0.15) is 0 Å². The number of nitrogen functional groups attached to an aromatic ring is 1. The van der Waals surface area contributed by atoms with Crippen molar-refractivity contribution in [3.63, 3.8) is 0 Å². The Morgan fingerprint density at radius 3 is 2.64 bits per heavy atom. The molecule has 0 amide bonds. The Labute approximate surface area is 192 Å². The molecule has 0 aliphatic heterocycles. The topological polar surface area (TPSA) is 98.3 Å². The van der Waals surface area contributed by atoms with E-state index in [1.54, 1.807) is 13.2 Å². The number of benzene rings is 2. The van der Waals surface area contributed by atoms with Gasteiger partial charge in [0.25, 0.3) is 0 Å². The number of aliphatic carboxylic acids is 1. The van der Waals surface area contributed by atoms with Crippen LogP contribution in [0.25, 0.3) is 27.9 Å². The van der Waals surface area contributed by atoms with Crippen molar-refractivity contribution in [3.05, 3.63) is 76.5 Å². The third kappa shape index (κ3) is 4.65. The summed E-state index contributed by atoms with van der Waals surface area (Å²) in [5.74, 6) is 0.316. The second-order valence-electron chi connectivity index (χ2n) is 8.13. The molecule has 0 saturated heterocycles. The molecule has 0 spiro atoms. The van der Waals surface area contributed by atoms with Crippen LogP contribution in [0.4, 0.5) is 5.82 Å². The second kappa shape index (κ2) is 9.28. The molecule has 0 unspecified atom stereocenters. The van der Waals surface area contributed by atoms with E-state index in [4.69, 9.17) is 10.5 Å². The predicted octanol–water partition coefficient (Wildman–Crippen LogP) is 5.35. The SMILES string of the molecule is CC/C(=C\c1ccc2c(c1)nc(N)c1ncc(CCc3ccc(OC)cc3C)cc12)C(=O)O. The Morgan fingerprint density at radius 2 is 1.94 bits per heavy atom. The van der Waals surface area contributed by atoms with Crippen molar-refractivity contribution >= 4 is 39.7 Å². The highest BCUT2D eigenvalue weighted by Gasteiger charge is 2.11. The summed E-state index contributed by atoms with van der Waals surface area (Å²) < 4.78 is 5.30. The first kappa shape index (κ1) is 22.3. The van der Waals surface area contributed by atoms with Crippen LogP contribution in [0.2, 0.25) is 0 Å². The van der Waals surface area contributed by atoms with Gasteiger partial charge in [-0.25, -0.2) is 9.78 Å². The lowest BCUT2D eigenvalue weighted by Crippen LogP contribution is -2.00. The number of anilines is 1. The van der Waals surface area contributed by atoms with E-state index in [9.17, 15) is 9.90 Å². The van der Waals surface area contributed by atoms with Crippen LogP contribution in [0, 0.1) is 6.92 Å². The number of pyridine rings is 2. The molecular weight excluding hydrogens is 414 g/mol. The lowest BCUT2D eigenvalue weighted by Gasteiger charge is -2.10. The van der Waals surface area contributed by atoms with E-state index in [-0.39, 0.29) is 0 Å². The lowest BCUT2D eigenvalue weighted by atomic mass is 9.99. The highest BCUT2D eigenvalue weighted by Crippen LogP contribution is 2.29. The molecule has 2 heterocycles. The summed E-state index contributed by atoms with van der Waals surface area (Å²) in [6.45, 7) is 3.92. The molecular formula is C27H27N3O3. The van der Waals surface area contributed by atoms with E-state index in [1.807, 2.05) is 43.5 Å². The maximum absolute atomic E-state index is 11.4. The lowest BCUT2D eigenvalue weighted by molar-refractivity contribution is -0.132. The Bertz CT molecular complexity index is 1390. The van der Waals surface area contributed by atoms with Gasteiger partial charge in [0.2, 0.25) is 0 Å². The number of carboxylic acids is 1. The number of aryl methyl sites for hydroxylation is 3. The minimum atomic E-state index is -0.912. The average molecular weight is 442 g/mol. The van der Waals surface area contributed by atoms with E-state index in [2.05, 4.69) is 29.0 Å². The highest BCUT2D eigenvalue weighted by molar-refractivity contribution is 6.08. The van der Waals surface area contributed by atoms with Crippen molar-refractivity contribution in [1.29, 1.82) is 0 Å². The van der Waals surface area contributed by atoms with Gasteiger partial charge < -0.3 is 15.6 Å². The molecule has 0 saturated carbocycles. The number of fused-ring (bicyclic) bond motifs is 3. The summed E-state index contributed by atoms with van der Waals surface area (Å²) in [5, 5.41) is 11.2. The van der Waals surface area contributed by atoms with E-state index in [1.165, 1.54) is 11.1 Å². The molecule has 0 aliphatic rings. The number of hydrogen-bond donors (Lipinski definition) is 2. The second-order valence-corrected chi connectivity index (χ2v) is 8.13. The normalized spacial score (nSPS) is 11.8. The van der Waals surface area contributed by atoms with Crippen molar-refractivity contribution in [2.45, 2.75) is 33.1 Å². The minimum Gasteiger partial charge on any atom is -0.497 e. The van der Waals surface area contributed by atoms with Gasteiger partial charge in [-0.1, -0.05) is 25.1 Å². The number of ether oxygens (including phenoxy) is 1. The van der Waals surface area contributed by atoms with Crippen LogP contribution in [-0.4, -0.2) is 28.2 Å². The molecule has 3 N–H and O–H groups in total. The van der Waals surface area contributed by atoms with Crippen molar-refractivity contribution in [3.8, 4) is 5.75 Å². The largest absolute Gasteiger partial charge is 0.497 e.